The molecule has 0 radical (unpaired) electrons. The molecule has 0 aliphatic carbocycles. The molecule has 0 spiro atoms. The van der Waals surface area contributed by atoms with Gasteiger partial charge in [-0.3, -0.25) is 9.88 Å². The summed E-state index contributed by atoms with van der Waals surface area (Å²) in [6.45, 7) is 3.75. The van der Waals surface area contributed by atoms with Gasteiger partial charge in [0.05, 0.1) is 31.3 Å². The number of rotatable bonds is 5. The van der Waals surface area contributed by atoms with Crippen molar-refractivity contribution in [2.45, 2.75) is 12.6 Å². The summed E-state index contributed by atoms with van der Waals surface area (Å²) in [4.78, 5) is 6.85. The van der Waals surface area contributed by atoms with Gasteiger partial charge in [-0.15, -0.1) is 5.10 Å². The van der Waals surface area contributed by atoms with Crippen LogP contribution in [-0.2, 0) is 11.3 Å². The van der Waals surface area contributed by atoms with Crippen LogP contribution in [0.15, 0.2) is 66.9 Å². The molecule has 5 rings (SSSR count). The summed E-state index contributed by atoms with van der Waals surface area (Å²) < 4.78 is 7.49. The molecule has 2 aromatic heterocycles. The van der Waals surface area contributed by atoms with Crippen LogP contribution in [0.5, 0.6) is 0 Å². The largest absolute Gasteiger partial charge is 0.379 e. The van der Waals surface area contributed by atoms with E-state index in [4.69, 9.17) is 4.74 Å². The SMILES string of the molecule is c1ccc(Cn2nnnc2[C@H](c2ccc3ncccc3c2)N2CCOCC2)cc1. The van der Waals surface area contributed by atoms with E-state index in [1.54, 1.807) is 0 Å². The van der Waals surface area contributed by atoms with E-state index in [-0.39, 0.29) is 6.04 Å². The highest BCUT2D eigenvalue weighted by atomic mass is 16.5. The van der Waals surface area contributed by atoms with Crippen molar-refractivity contribution in [3.63, 3.8) is 0 Å². The summed E-state index contributed by atoms with van der Waals surface area (Å²) in [7, 11) is 0. The van der Waals surface area contributed by atoms with Crippen molar-refractivity contribution in [1.82, 2.24) is 30.1 Å². The number of fused-ring (bicyclic) bond motifs is 1. The van der Waals surface area contributed by atoms with Gasteiger partial charge in [-0.1, -0.05) is 42.5 Å². The zero-order chi connectivity index (χ0) is 19.5. The fourth-order valence-electron chi connectivity index (χ4n) is 3.90. The molecule has 0 amide bonds. The summed E-state index contributed by atoms with van der Waals surface area (Å²) in [6, 6.07) is 20.7. The van der Waals surface area contributed by atoms with Crippen molar-refractivity contribution in [3.05, 3.63) is 83.8 Å². The second-order valence-corrected chi connectivity index (χ2v) is 7.19. The Balaban J connectivity index is 1.57. The van der Waals surface area contributed by atoms with Crippen LogP contribution in [0.25, 0.3) is 10.9 Å². The predicted molar refractivity (Wildman–Crippen MR) is 109 cm³/mol. The monoisotopic (exact) mass is 386 g/mol. The number of morpholine rings is 1. The van der Waals surface area contributed by atoms with E-state index in [1.807, 2.05) is 35.1 Å². The van der Waals surface area contributed by atoms with Gasteiger partial charge in [0.25, 0.3) is 0 Å². The van der Waals surface area contributed by atoms with Crippen molar-refractivity contribution >= 4 is 10.9 Å². The highest BCUT2D eigenvalue weighted by molar-refractivity contribution is 5.79. The maximum absolute atomic E-state index is 5.59. The Hall–Kier alpha value is -3.16. The lowest BCUT2D eigenvalue weighted by Gasteiger charge is -2.34. The molecule has 1 atom stereocenters. The van der Waals surface area contributed by atoms with Crippen LogP contribution in [-0.4, -0.2) is 56.4 Å². The molecule has 7 nitrogen and oxygen atoms in total. The lowest BCUT2D eigenvalue weighted by atomic mass is 10.0. The maximum Gasteiger partial charge on any atom is 0.173 e. The van der Waals surface area contributed by atoms with Gasteiger partial charge in [0, 0.05) is 24.7 Å². The van der Waals surface area contributed by atoms with Gasteiger partial charge < -0.3 is 4.74 Å². The third-order valence-electron chi connectivity index (χ3n) is 5.33. The average Bonchev–Trinajstić information content (AvgIpc) is 3.23. The molecule has 0 saturated carbocycles. The first-order valence-corrected chi connectivity index (χ1v) is 9.85. The molecule has 0 bridgehead atoms. The number of tetrazole rings is 1. The van der Waals surface area contributed by atoms with Crippen LogP contribution in [0.1, 0.15) is 23.0 Å². The van der Waals surface area contributed by atoms with Crippen LogP contribution in [0.3, 0.4) is 0 Å². The number of pyridine rings is 1. The zero-order valence-corrected chi connectivity index (χ0v) is 16.1. The standard InChI is InChI=1S/C22H22N6O/c1-2-5-17(6-3-1)16-28-22(24-25-26-28)21(27-11-13-29-14-12-27)19-8-9-20-18(15-19)7-4-10-23-20/h1-10,15,21H,11-14,16H2/t21-/m0/s1. The van der Waals surface area contributed by atoms with Crippen molar-refractivity contribution < 1.29 is 4.74 Å². The van der Waals surface area contributed by atoms with Gasteiger partial charge in [-0.2, -0.15) is 0 Å². The van der Waals surface area contributed by atoms with Crippen molar-refractivity contribution in [2.24, 2.45) is 0 Å². The molecule has 0 N–H and O–H groups in total. The molecule has 7 heteroatoms. The van der Waals surface area contributed by atoms with Gasteiger partial charge >= 0.3 is 0 Å². The third kappa shape index (κ3) is 3.74. The minimum Gasteiger partial charge on any atom is -0.379 e. The molecule has 2 aromatic carbocycles. The van der Waals surface area contributed by atoms with Crippen molar-refractivity contribution in [2.75, 3.05) is 26.3 Å². The molecule has 3 heterocycles. The van der Waals surface area contributed by atoms with E-state index in [9.17, 15) is 0 Å². The number of nitrogens with zero attached hydrogens (tertiary/aromatic N) is 6. The Morgan fingerprint density at radius 3 is 2.69 bits per heavy atom. The lowest BCUT2D eigenvalue weighted by molar-refractivity contribution is 0.0217. The normalized spacial score (nSPS) is 16.1. The number of hydrogen-bond donors (Lipinski definition) is 0. The molecular formula is C22H22N6O. The van der Waals surface area contributed by atoms with Crippen molar-refractivity contribution in [1.29, 1.82) is 0 Å². The highest BCUT2D eigenvalue weighted by Gasteiger charge is 2.29. The molecule has 1 saturated heterocycles. The zero-order valence-electron chi connectivity index (χ0n) is 16.1. The first-order chi connectivity index (χ1) is 14.4. The van der Waals surface area contributed by atoms with Gasteiger partial charge in [0.1, 0.15) is 0 Å². The minimum atomic E-state index is -0.0396. The van der Waals surface area contributed by atoms with E-state index in [2.05, 4.69) is 61.8 Å². The molecule has 1 fully saturated rings. The molecule has 4 aromatic rings. The Kier molecular flexibility index (Phi) is 4.98. The van der Waals surface area contributed by atoms with Crippen molar-refractivity contribution in [3.8, 4) is 0 Å². The topological polar surface area (TPSA) is 69.0 Å². The Labute approximate surface area is 168 Å². The second kappa shape index (κ2) is 8.06. The smallest absolute Gasteiger partial charge is 0.173 e. The first kappa shape index (κ1) is 17.9. The Morgan fingerprint density at radius 1 is 0.966 bits per heavy atom. The molecule has 1 aliphatic heterocycles. The molecule has 1 aliphatic rings. The van der Waals surface area contributed by atoms with Crippen LogP contribution in [0.2, 0.25) is 0 Å². The number of hydrogen-bond acceptors (Lipinski definition) is 6. The van der Waals surface area contributed by atoms with Gasteiger partial charge in [-0.25, -0.2) is 4.68 Å². The van der Waals surface area contributed by atoms with E-state index in [0.29, 0.717) is 19.8 Å². The lowest BCUT2D eigenvalue weighted by Crippen LogP contribution is -2.40. The van der Waals surface area contributed by atoms with Crippen LogP contribution in [0.4, 0.5) is 0 Å². The minimum absolute atomic E-state index is 0.0396. The fraction of sp³-hybridized carbons (Fsp3) is 0.273. The van der Waals surface area contributed by atoms with Gasteiger partial charge in [0.15, 0.2) is 5.82 Å². The van der Waals surface area contributed by atoms with Gasteiger partial charge in [-0.05, 0) is 39.8 Å². The summed E-state index contributed by atoms with van der Waals surface area (Å²) >= 11 is 0. The molecule has 29 heavy (non-hydrogen) atoms. The number of benzene rings is 2. The first-order valence-electron chi connectivity index (χ1n) is 9.85. The molecule has 146 valence electrons. The van der Waals surface area contributed by atoms with E-state index >= 15 is 0 Å². The fourth-order valence-corrected chi connectivity index (χ4v) is 3.90. The second-order valence-electron chi connectivity index (χ2n) is 7.19. The summed E-state index contributed by atoms with van der Waals surface area (Å²) in [5, 5.41) is 13.9. The summed E-state index contributed by atoms with van der Waals surface area (Å²) in [6.07, 6.45) is 1.82. The van der Waals surface area contributed by atoms with Crippen LogP contribution >= 0.6 is 0 Å². The maximum atomic E-state index is 5.59. The van der Waals surface area contributed by atoms with E-state index < -0.39 is 0 Å². The highest BCUT2D eigenvalue weighted by Crippen LogP contribution is 2.30. The summed E-state index contributed by atoms with van der Waals surface area (Å²) in [5.74, 6) is 0.846. The third-order valence-corrected chi connectivity index (χ3v) is 5.33. The number of aromatic nitrogens is 5. The summed E-state index contributed by atoms with van der Waals surface area (Å²) in [5.41, 5.74) is 3.32. The predicted octanol–water partition coefficient (Wildman–Crippen LogP) is 2.69. The Bertz CT molecular complexity index is 1090. The quantitative estimate of drug-likeness (QED) is 0.525. The van der Waals surface area contributed by atoms with E-state index in [0.717, 1.165) is 35.4 Å². The molecule has 0 unspecified atom stereocenters. The molecular weight excluding hydrogens is 364 g/mol. The average molecular weight is 386 g/mol. The van der Waals surface area contributed by atoms with Gasteiger partial charge in [0.2, 0.25) is 0 Å². The number of ether oxygens (including phenoxy) is 1. The van der Waals surface area contributed by atoms with Crippen LogP contribution < -0.4 is 0 Å². The Morgan fingerprint density at radius 2 is 1.83 bits per heavy atom. The van der Waals surface area contributed by atoms with E-state index in [1.165, 1.54) is 5.56 Å². The van der Waals surface area contributed by atoms with Crippen LogP contribution in [0, 0.1) is 0 Å².